The van der Waals surface area contributed by atoms with E-state index in [9.17, 15) is 13.2 Å². The summed E-state index contributed by atoms with van der Waals surface area (Å²) in [7, 11) is -3.66. The second kappa shape index (κ2) is 5.79. The normalized spacial score (nSPS) is 17.4. The quantitative estimate of drug-likeness (QED) is 0.803. The zero-order chi connectivity index (χ0) is 14.8. The number of halogens is 1. The summed E-state index contributed by atoms with van der Waals surface area (Å²) in [5.41, 5.74) is -0.446. The molecule has 1 aromatic heterocycles. The summed E-state index contributed by atoms with van der Waals surface area (Å²) < 4.78 is 27.3. The highest BCUT2D eigenvalue weighted by atomic mass is 79.9. The molecule has 0 amide bonds. The molecule has 0 saturated heterocycles. The van der Waals surface area contributed by atoms with Crippen LogP contribution in [0.4, 0.5) is 0 Å². The Morgan fingerprint density at radius 1 is 1.45 bits per heavy atom. The molecule has 0 atom stereocenters. The van der Waals surface area contributed by atoms with E-state index < -0.39 is 21.4 Å². The second-order valence-corrected chi connectivity index (χ2v) is 7.77. The molecule has 1 saturated carbocycles. The molecule has 6 nitrogen and oxygen atoms in total. The van der Waals surface area contributed by atoms with Gasteiger partial charge in [0, 0.05) is 23.4 Å². The molecule has 1 aromatic rings. The molecule has 1 aliphatic carbocycles. The summed E-state index contributed by atoms with van der Waals surface area (Å²) in [4.78, 5) is 14.7. The minimum absolute atomic E-state index is 0.00768. The first-order chi connectivity index (χ1) is 9.33. The molecule has 0 unspecified atom stereocenters. The topological polar surface area (TPSA) is 96.4 Å². The van der Waals surface area contributed by atoms with Crippen LogP contribution < -0.4 is 4.72 Å². The maximum atomic E-state index is 12.1. The number of rotatable bonds is 6. The van der Waals surface area contributed by atoms with Gasteiger partial charge in [0.15, 0.2) is 0 Å². The average molecular weight is 363 g/mol. The number of carbonyl (C=O) groups is 1. The van der Waals surface area contributed by atoms with Gasteiger partial charge in [-0.25, -0.2) is 13.1 Å². The molecule has 0 radical (unpaired) electrons. The Morgan fingerprint density at radius 2 is 2.15 bits per heavy atom. The number of aliphatic carboxylic acids is 1. The lowest BCUT2D eigenvalue weighted by Crippen LogP contribution is -2.43. The van der Waals surface area contributed by atoms with Crippen molar-refractivity contribution in [2.45, 2.75) is 30.6 Å². The number of pyridine rings is 1. The van der Waals surface area contributed by atoms with Crippen LogP contribution >= 0.6 is 15.9 Å². The van der Waals surface area contributed by atoms with Gasteiger partial charge in [0.1, 0.15) is 4.90 Å². The number of nitrogens with one attached hydrogen (secondary N) is 1. The Labute approximate surface area is 125 Å². The highest BCUT2D eigenvalue weighted by molar-refractivity contribution is 9.10. The van der Waals surface area contributed by atoms with Crippen LogP contribution in [-0.2, 0) is 14.8 Å². The Hall–Kier alpha value is -0.990. The first-order valence-electron chi connectivity index (χ1n) is 6.15. The molecule has 8 heteroatoms. The van der Waals surface area contributed by atoms with Crippen molar-refractivity contribution >= 4 is 31.9 Å². The van der Waals surface area contributed by atoms with Gasteiger partial charge in [-0.15, -0.1) is 0 Å². The van der Waals surface area contributed by atoms with Gasteiger partial charge < -0.3 is 5.11 Å². The van der Waals surface area contributed by atoms with Crippen molar-refractivity contribution in [1.82, 2.24) is 9.71 Å². The van der Waals surface area contributed by atoms with Crippen LogP contribution in [0.25, 0.3) is 0 Å². The van der Waals surface area contributed by atoms with Crippen LogP contribution in [0.3, 0.4) is 0 Å². The van der Waals surface area contributed by atoms with E-state index in [1.54, 1.807) is 0 Å². The van der Waals surface area contributed by atoms with E-state index >= 15 is 0 Å². The zero-order valence-corrected chi connectivity index (χ0v) is 13.1. The van der Waals surface area contributed by atoms with Gasteiger partial charge >= 0.3 is 5.97 Å². The van der Waals surface area contributed by atoms with Crippen LogP contribution in [0.1, 0.15) is 25.7 Å². The summed E-state index contributed by atoms with van der Waals surface area (Å²) in [6.07, 6.45) is 5.16. The fourth-order valence-corrected chi connectivity index (χ4v) is 3.95. The van der Waals surface area contributed by atoms with Crippen molar-refractivity contribution in [3.63, 3.8) is 0 Å². The fraction of sp³-hybridized carbons (Fsp3) is 0.500. The molecule has 0 aliphatic heterocycles. The molecule has 0 spiro atoms. The molecule has 2 N–H and O–H groups in total. The van der Waals surface area contributed by atoms with Crippen LogP contribution in [-0.4, -0.2) is 31.0 Å². The first-order valence-corrected chi connectivity index (χ1v) is 8.43. The van der Waals surface area contributed by atoms with Crippen LogP contribution in [0.2, 0.25) is 0 Å². The lowest BCUT2D eigenvalue weighted by Gasteiger charge is -2.40. The molecular weight excluding hydrogens is 348 g/mol. The number of aromatic nitrogens is 1. The van der Waals surface area contributed by atoms with E-state index in [4.69, 9.17) is 5.11 Å². The third-order valence-corrected chi connectivity index (χ3v) is 5.37. The van der Waals surface area contributed by atoms with Gasteiger partial charge in [-0.05, 0) is 40.3 Å². The van der Waals surface area contributed by atoms with E-state index in [2.05, 4.69) is 25.6 Å². The predicted molar refractivity (Wildman–Crippen MR) is 75.7 cm³/mol. The number of hydrogen-bond acceptors (Lipinski definition) is 4. The van der Waals surface area contributed by atoms with Crippen molar-refractivity contribution < 1.29 is 18.3 Å². The molecule has 0 aromatic carbocycles. The minimum Gasteiger partial charge on any atom is -0.481 e. The number of carboxylic acids is 1. The Kier molecular flexibility index (Phi) is 4.46. The van der Waals surface area contributed by atoms with Gasteiger partial charge in [0.05, 0.1) is 6.42 Å². The molecule has 110 valence electrons. The SMILES string of the molecule is O=C(O)CC1(CNS(=O)(=O)c2cncc(Br)c2)CCC1. The summed E-state index contributed by atoms with van der Waals surface area (Å²) in [5, 5.41) is 8.90. The van der Waals surface area contributed by atoms with Crippen LogP contribution in [0, 0.1) is 5.41 Å². The number of nitrogens with zero attached hydrogens (tertiary/aromatic N) is 1. The summed E-state index contributed by atoms with van der Waals surface area (Å²) in [6, 6.07) is 1.46. The summed E-state index contributed by atoms with van der Waals surface area (Å²) in [5.74, 6) is -0.895. The van der Waals surface area contributed by atoms with Gasteiger partial charge in [0.2, 0.25) is 10.0 Å². The van der Waals surface area contributed by atoms with Crippen molar-refractivity contribution in [3.8, 4) is 0 Å². The van der Waals surface area contributed by atoms with Crippen molar-refractivity contribution in [2.24, 2.45) is 5.41 Å². The second-order valence-electron chi connectivity index (χ2n) is 5.09. The van der Waals surface area contributed by atoms with E-state index in [1.807, 2.05) is 0 Å². The van der Waals surface area contributed by atoms with Gasteiger partial charge in [-0.2, -0.15) is 0 Å². The lowest BCUT2D eigenvalue weighted by atomic mass is 9.67. The monoisotopic (exact) mass is 362 g/mol. The predicted octanol–water partition coefficient (Wildman–Crippen LogP) is 1.77. The van der Waals surface area contributed by atoms with Gasteiger partial charge in [-0.1, -0.05) is 6.42 Å². The maximum Gasteiger partial charge on any atom is 0.303 e. The van der Waals surface area contributed by atoms with Gasteiger partial charge in [-0.3, -0.25) is 9.78 Å². The Morgan fingerprint density at radius 3 is 2.65 bits per heavy atom. The molecule has 2 rings (SSSR count). The largest absolute Gasteiger partial charge is 0.481 e. The van der Waals surface area contributed by atoms with Crippen molar-refractivity contribution in [1.29, 1.82) is 0 Å². The van der Waals surface area contributed by atoms with Crippen molar-refractivity contribution in [3.05, 3.63) is 22.9 Å². The average Bonchev–Trinajstić information content (AvgIpc) is 2.32. The highest BCUT2D eigenvalue weighted by Gasteiger charge is 2.39. The van der Waals surface area contributed by atoms with Crippen LogP contribution in [0.15, 0.2) is 27.8 Å². The highest BCUT2D eigenvalue weighted by Crippen LogP contribution is 2.43. The summed E-state index contributed by atoms with van der Waals surface area (Å²) >= 11 is 3.17. The Balaban J connectivity index is 2.07. The fourth-order valence-electron chi connectivity index (χ4n) is 2.28. The zero-order valence-electron chi connectivity index (χ0n) is 10.7. The van der Waals surface area contributed by atoms with E-state index in [-0.39, 0.29) is 17.9 Å². The van der Waals surface area contributed by atoms with Gasteiger partial charge in [0.25, 0.3) is 0 Å². The standard InChI is InChI=1S/C12H15BrN2O4S/c13-9-4-10(7-14-6-9)20(18,19)15-8-12(2-1-3-12)5-11(16)17/h4,6-7,15H,1-3,5,8H2,(H,16,17). The van der Waals surface area contributed by atoms with Crippen molar-refractivity contribution in [2.75, 3.05) is 6.54 Å². The van der Waals surface area contributed by atoms with E-state index in [1.165, 1.54) is 18.5 Å². The lowest BCUT2D eigenvalue weighted by molar-refractivity contribution is -0.141. The smallest absolute Gasteiger partial charge is 0.303 e. The first kappa shape index (κ1) is 15.4. The number of hydrogen-bond donors (Lipinski definition) is 2. The molecule has 20 heavy (non-hydrogen) atoms. The molecule has 1 heterocycles. The van der Waals surface area contributed by atoms with Crippen LogP contribution in [0.5, 0.6) is 0 Å². The number of sulfonamides is 1. The molecule has 0 bridgehead atoms. The maximum absolute atomic E-state index is 12.1. The molecule has 1 aliphatic rings. The molecule has 1 fully saturated rings. The Bertz CT molecular complexity index is 614. The third-order valence-electron chi connectivity index (χ3n) is 3.57. The molecular formula is C12H15BrN2O4S. The minimum atomic E-state index is -3.66. The third kappa shape index (κ3) is 3.56. The summed E-state index contributed by atoms with van der Waals surface area (Å²) in [6.45, 7) is 0.147. The van der Waals surface area contributed by atoms with E-state index in [0.717, 1.165) is 19.3 Å². The number of carboxylic acid groups (broad SMARTS) is 1. The van der Waals surface area contributed by atoms with E-state index in [0.29, 0.717) is 4.47 Å².